The van der Waals surface area contributed by atoms with Gasteiger partial charge in [0.05, 0.1) is 11.8 Å². The summed E-state index contributed by atoms with van der Waals surface area (Å²) in [5.41, 5.74) is 0.470. The third-order valence-corrected chi connectivity index (χ3v) is 5.43. The van der Waals surface area contributed by atoms with Crippen LogP contribution in [0.4, 0.5) is 0 Å². The van der Waals surface area contributed by atoms with Crippen molar-refractivity contribution in [1.82, 2.24) is 10.2 Å². The third kappa shape index (κ3) is 5.38. The molecule has 1 saturated heterocycles. The van der Waals surface area contributed by atoms with Crippen molar-refractivity contribution < 1.29 is 19.5 Å². The van der Waals surface area contributed by atoms with Crippen LogP contribution >= 0.6 is 23.4 Å². The zero-order valence-electron chi connectivity index (χ0n) is 14.8. The molecule has 2 unspecified atom stereocenters. The Balaban J connectivity index is 2.00. The summed E-state index contributed by atoms with van der Waals surface area (Å²) in [6, 6.07) is 5.93. The van der Waals surface area contributed by atoms with E-state index in [9.17, 15) is 19.5 Å². The topological polar surface area (TPSA) is 86.7 Å². The van der Waals surface area contributed by atoms with Gasteiger partial charge in [-0.1, -0.05) is 25.4 Å². The highest BCUT2D eigenvalue weighted by molar-refractivity contribution is 7.99. The molecule has 2 N–H and O–H groups in total. The van der Waals surface area contributed by atoms with Crippen molar-refractivity contribution in [2.24, 2.45) is 11.8 Å². The number of carbonyl (C=O) groups is 3. The van der Waals surface area contributed by atoms with Gasteiger partial charge in [0.2, 0.25) is 5.91 Å². The van der Waals surface area contributed by atoms with E-state index in [1.807, 2.05) is 13.8 Å². The molecular weight excluding hydrogens is 376 g/mol. The van der Waals surface area contributed by atoms with Crippen LogP contribution in [0.15, 0.2) is 24.3 Å². The normalized spacial score (nSPS) is 18.0. The zero-order chi connectivity index (χ0) is 19.3. The lowest BCUT2D eigenvalue weighted by molar-refractivity contribution is -0.142. The lowest BCUT2D eigenvalue weighted by atomic mass is 9.97. The van der Waals surface area contributed by atoms with Gasteiger partial charge in [0.1, 0.15) is 6.04 Å². The van der Waals surface area contributed by atoms with Crippen LogP contribution < -0.4 is 5.32 Å². The van der Waals surface area contributed by atoms with E-state index in [2.05, 4.69) is 5.32 Å². The van der Waals surface area contributed by atoms with E-state index in [-0.39, 0.29) is 24.3 Å². The molecule has 1 aromatic carbocycles. The van der Waals surface area contributed by atoms with Gasteiger partial charge >= 0.3 is 5.97 Å². The maximum Gasteiger partial charge on any atom is 0.308 e. The highest BCUT2D eigenvalue weighted by Gasteiger charge is 2.35. The highest BCUT2D eigenvalue weighted by Crippen LogP contribution is 2.24. The first-order valence-corrected chi connectivity index (χ1v) is 9.97. The Labute approximate surface area is 162 Å². The summed E-state index contributed by atoms with van der Waals surface area (Å²) in [6.45, 7) is 3.95. The Morgan fingerprint density at radius 2 is 1.96 bits per heavy atom. The molecule has 0 bridgehead atoms. The van der Waals surface area contributed by atoms with Crippen LogP contribution in [0.25, 0.3) is 0 Å². The van der Waals surface area contributed by atoms with E-state index in [0.717, 1.165) is 0 Å². The van der Waals surface area contributed by atoms with Crippen LogP contribution in [0.2, 0.25) is 5.02 Å². The number of carbonyl (C=O) groups excluding carboxylic acids is 2. The number of amides is 2. The van der Waals surface area contributed by atoms with E-state index >= 15 is 0 Å². The molecule has 2 amide bonds. The van der Waals surface area contributed by atoms with Gasteiger partial charge in [-0.2, -0.15) is 0 Å². The van der Waals surface area contributed by atoms with Crippen LogP contribution in [0.5, 0.6) is 0 Å². The molecule has 2 rings (SSSR count). The van der Waals surface area contributed by atoms with Gasteiger partial charge in [0, 0.05) is 22.9 Å². The molecule has 1 aliphatic rings. The maximum atomic E-state index is 12.7. The molecule has 0 aromatic heterocycles. The van der Waals surface area contributed by atoms with Crippen molar-refractivity contribution in [3.63, 3.8) is 0 Å². The van der Waals surface area contributed by atoms with Crippen LogP contribution in [0.3, 0.4) is 0 Å². The van der Waals surface area contributed by atoms with Crippen molar-refractivity contribution in [3.05, 3.63) is 34.9 Å². The minimum absolute atomic E-state index is 0.0660. The number of hydrogen-bond donors (Lipinski definition) is 2. The largest absolute Gasteiger partial charge is 0.481 e. The standard InChI is InChI=1S/C18H23ClN2O4S/c1-11(2)7-13(18(24)25)8-20-16(22)15-9-26-10-21(15)17(23)12-3-5-14(19)6-4-12/h3-6,11,13,15H,7-10H2,1-2H3,(H,20,22)(H,24,25). The van der Waals surface area contributed by atoms with Crippen LogP contribution in [0, 0.1) is 11.8 Å². The number of carboxylic acid groups (broad SMARTS) is 1. The number of thioether (sulfide) groups is 1. The van der Waals surface area contributed by atoms with E-state index in [1.54, 1.807) is 24.3 Å². The van der Waals surface area contributed by atoms with Gasteiger partial charge in [-0.25, -0.2) is 0 Å². The van der Waals surface area contributed by atoms with E-state index < -0.39 is 17.9 Å². The number of nitrogens with zero attached hydrogens (tertiary/aromatic N) is 1. The van der Waals surface area contributed by atoms with Gasteiger partial charge in [-0.05, 0) is 36.6 Å². The number of aliphatic carboxylic acids is 1. The lowest BCUT2D eigenvalue weighted by Gasteiger charge is -2.24. The predicted molar refractivity (Wildman–Crippen MR) is 102 cm³/mol. The fraction of sp³-hybridized carbons (Fsp3) is 0.500. The van der Waals surface area contributed by atoms with E-state index in [0.29, 0.717) is 28.6 Å². The second kappa shape index (κ2) is 9.28. The monoisotopic (exact) mass is 398 g/mol. The van der Waals surface area contributed by atoms with Gasteiger partial charge in [0.15, 0.2) is 0 Å². The first-order valence-electron chi connectivity index (χ1n) is 8.44. The van der Waals surface area contributed by atoms with E-state index in [1.165, 1.54) is 16.7 Å². The van der Waals surface area contributed by atoms with Crippen molar-refractivity contribution >= 4 is 41.1 Å². The molecule has 0 radical (unpaired) electrons. The summed E-state index contributed by atoms with van der Waals surface area (Å²) < 4.78 is 0. The molecule has 0 aliphatic carbocycles. The molecule has 8 heteroatoms. The number of nitrogens with one attached hydrogen (secondary N) is 1. The van der Waals surface area contributed by atoms with Gasteiger partial charge in [-0.15, -0.1) is 11.8 Å². The third-order valence-electron chi connectivity index (χ3n) is 4.16. The molecule has 0 spiro atoms. The summed E-state index contributed by atoms with van der Waals surface area (Å²) >= 11 is 7.34. The first kappa shape index (κ1) is 20.6. The Morgan fingerprint density at radius 1 is 1.31 bits per heavy atom. The minimum Gasteiger partial charge on any atom is -0.481 e. The smallest absolute Gasteiger partial charge is 0.308 e. The fourth-order valence-corrected chi connectivity index (χ4v) is 4.08. The Morgan fingerprint density at radius 3 is 2.54 bits per heavy atom. The number of halogens is 1. The number of benzene rings is 1. The molecule has 142 valence electrons. The molecule has 6 nitrogen and oxygen atoms in total. The van der Waals surface area contributed by atoms with Crippen molar-refractivity contribution in [2.45, 2.75) is 26.3 Å². The average Bonchev–Trinajstić information content (AvgIpc) is 3.07. The molecule has 26 heavy (non-hydrogen) atoms. The summed E-state index contributed by atoms with van der Waals surface area (Å²) in [4.78, 5) is 38.0. The van der Waals surface area contributed by atoms with Crippen LogP contribution in [-0.4, -0.2) is 52.0 Å². The second-order valence-electron chi connectivity index (χ2n) is 6.71. The van der Waals surface area contributed by atoms with Gasteiger partial charge in [-0.3, -0.25) is 14.4 Å². The predicted octanol–water partition coefficient (Wildman–Crippen LogP) is 2.72. The molecule has 0 saturated carbocycles. The van der Waals surface area contributed by atoms with Gasteiger partial charge < -0.3 is 15.3 Å². The van der Waals surface area contributed by atoms with Crippen molar-refractivity contribution in [3.8, 4) is 0 Å². The number of carboxylic acids is 1. The quantitative estimate of drug-likeness (QED) is 0.737. The maximum absolute atomic E-state index is 12.7. The molecule has 1 aliphatic heterocycles. The lowest BCUT2D eigenvalue weighted by Crippen LogP contribution is -2.48. The number of hydrogen-bond acceptors (Lipinski definition) is 4. The molecule has 1 heterocycles. The Bertz CT molecular complexity index is 666. The Hall–Kier alpha value is -1.73. The van der Waals surface area contributed by atoms with Crippen molar-refractivity contribution in [1.29, 1.82) is 0 Å². The molecular formula is C18H23ClN2O4S. The summed E-state index contributed by atoms with van der Waals surface area (Å²) in [6.07, 6.45) is 0.489. The fourth-order valence-electron chi connectivity index (χ4n) is 2.80. The molecule has 1 aromatic rings. The van der Waals surface area contributed by atoms with Crippen LogP contribution in [0.1, 0.15) is 30.6 Å². The van der Waals surface area contributed by atoms with Crippen molar-refractivity contribution in [2.75, 3.05) is 18.2 Å². The van der Waals surface area contributed by atoms with Gasteiger partial charge in [0.25, 0.3) is 5.91 Å². The van der Waals surface area contributed by atoms with E-state index in [4.69, 9.17) is 11.6 Å². The highest BCUT2D eigenvalue weighted by atomic mass is 35.5. The van der Waals surface area contributed by atoms with Crippen LogP contribution in [-0.2, 0) is 9.59 Å². The Kier molecular flexibility index (Phi) is 7.34. The summed E-state index contributed by atoms with van der Waals surface area (Å²) in [5.74, 6) is -0.961. The summed E-state index contributed by atoms with van der Waals surface area (Å²) in [7, 11) is 0. The number of rotatable bonds is 7. The molecule has 1 fully saturated rings. The summed E-state index contributed by atoms with van der Waals surface area (Å²) in [5, 5.41) is 12.5. The minimum atomic E-state index is -0.922. The second-order valence-corrected chi connectivity index (χ2v) is 8.14. The molecule has 2 atom stereocenters. The SMILES string of the molecule is CC(C)CC(CNC(=O)C1CSCN1C(=O)c1ccc(Cl)cc1)C(=O)O. The first-order chi connectivity index (χ1) is 12.3. The zero-order valence-corrected chi connectivity index (χ0v) is 16.3. The average molecular weight is 399 g/mol.